The number of hydrogen-bond acceptors (Lipinski definition) is 1. The van der Waals surface area contributed by atoms with E-state index in [0.29, 0.717) is 0 Å². The molecule has 2 nitrogen and oxygen atoms in total. The largest absolute Gasteiger partial charge is 0.753 e. The summed E-state index contributed by atoms with van der Waals surface area (Å²) in [5, 5.41) is 8.47. The molecule has 1 aliphatic rings. The average molecular weight is 299 g/mol. The number of hydrogen-bond donors (Lipinski definition) is 1. The van der Waals surface area contributed by atoms with Gasteiger partial charge >= 0.3 is 0 Å². The lowest BCUT2D eigenvalue weighted by Crippen LogP contribution is -3.13. The number of nitrogens with one attached hydrogen (secondary N) is 1. The minimum atomic E-state index is 0.979. The molecule has 2 atom stereocenters. The van der Waals surface area contributed by atoms with Gasteiger partial charge in [0.25, 0.3) is 0 Å². The Morgan fingerprint density at radius 2 is 1.65 bits per heavy atom. The van der Waals surface area contributed by atoms with Gasteiger partial charge in [0.1, 0.15) is 0 Å². The lowest BCUT2D eigenvalue weighted by atomic mass is 10.00. The Kier molecular flexibility index (Phi) is 15.0. The number of piperidine rings is 1. The van der Waals surface area contributed by atoms with E-state index in [9.17, 15) is 0 Å². The Bertz CT molecular complexity index is 237. The van der Waals surface area contributed by atoms with Gasteiger partial charge in [-0.25, -0.2) is 0 Å². The van der Waals surface area contributed by atoms with E-state index in [1.807, 2.05) is 4.90 Å². The van der Waals surface area contributed by atoms with Gasteiger partial charge in [-0.2, -0.15) is 5.16 Å². The third-order valence-corrected chi connectivity index (χ3v) is 4.25. The maximum absolute atomic E-state index is 7.13. The molecule has 118 valence electrons. The molecule has 2 unspecified atom stereocenters. The molecule has 0 spiro atoms. The summed E-state index contributed by atoms with van der Waals surface area (Å²) in [7, 11) is 0. The van der Waals surface area contributed by atoms with Crippen molar-refractivity contribution in [3.8, 4) is 0 Å². The smallest absolute Gasteiger partial charge is 0.0796 e. The second-order valence-electron chi connectivity index (χ2n) is 6.27. The number of thiocarbonyl (C=S) groups is 1. The number of likely N-dealkylation sites (tertiary alicyclic amines) is 1. The highest BCUT2D eigenvalue weighted by molar-refractivity contribution is 7.78. The number of isothiocyanates is 1. The molecular weight excluding hydrogens is 264 g/mol. The molecule has 1 fully saturated rings. The van der Waals surface area contributed by atoms with Crippen molar-refractivity contribution >= 4 is 17.4 Å². The van der Waals surface area contributed by atoms with Crippen LogP contribution in [-0.2, 0) is 0 Å². The summed E-state index contributed by atoms with van der Waals surface area (Å²) in [5.41, 5.74) is 0. The van der Waals surface area contributed by atoms with Gasteiger partial charge in [-0.1, -0.05) is 64.6 Å². The molecule has 0 saturated carbocycles. The summed E-state index contributed by atoms with van der Waals surface area (Å²) in [6.45, 7) is 9.05. The maximum atomic E-state index is 7.13. The van der Waals surface area contributed by atoms with Crippen LogP contribution in [0, 0.1) is 5.92 Å². The van der Waals surface area contributed by atoms with E-state index in [4.69, 9.17) is 5.41 Å². The molecule has 20 heavy (non-hydrogen) atoms. The lowest BCUT2D eigenvalue weighted by molar-refractivity contribution is -0.908. The summed E-state index contributed by atoms with van der Waals surface area (Å²) in [6.07, 6.45) is 14.6. The van der Waals surface area contributed by atoms with Gasteiger partial charge in [0.15, 0.2) is 0 Å². The van der Waals surface area contributed by atoms with E-state index in [0.717, 1.165) is 5.92 Å². The second kappa shape index (κ2) is 15.2. The van der Waals surface area contributed by atoms with Crippen molar-refractivity contribution in [3.05, 3.63) is 5.41 Å². The highest BCUT2D eigenvalue weighted by Crippen LogP contribution is 2.08. The monoisotopic (exact) mass is 298 g/mol. The molecule has 1 heterocycles. The zero-order valence-corrected chi connectivity index (χ0v) is 14.4. The minimum absolute atomic E-state index is 0.979. The van der Waals surface area contributed by atoms with Crippen molar-refractivity contribution in [1.29, 1.82) is 0 Å². The molecule has 1 saturated heterocycles. The second-order valence-corrected chi connectivity index (χ2v) is 6.45. The van der Waals surface area contributed by atoms with Crippen molar-refractivity contribution < 1.29 is 4.90 Å². The first-order valence-corrected chi connectivity index (χ1v) is 9.00. The minimum Gasteiger partial charge on any atom is -0.753 e. The van der Waals surface area contributed by atoms with Crippen LogP contribution in [0.25, 0.3) is 5.41 Å². The molecule has 1 rings (SSSR count). The first-order valence-electron chi connectivity index (χ1n) is 8.59. The number of unbranched alkanes of at least 4 members (excludes halogenated alkanes) is 7. The fourth-order valence-electron chi connectivity index (χ4n) is 3.13. The molecule has 0 aromatic rings. The fraction of sp³-hybridized carbons (Fsp3) is 0.941. The van der Waals surface area contributed by atoms with Crippen molar-refractivity contribution in [2.45, 2.75) is 78.1 Å². The third kappa shape index (κ3) is 12.8. The molecule has 0 aliphatic carbocycles. The lowest BCUT2D eigenvalue weighted by Gasteiger charge is -2.27. The van der Waals surface area contributed by atoms with Crippen LogP contribution >= 0.6 is 12.2 Å². The zero-order chi connectivity index (χ0) is 15.1. The quantitative estimate of drug-likeness (QED) is 0.387. The normalized spacial score (nSPS) is 21.7. The van der Waals surface area contributed by atoms with Crippen LogP contribution in [0.3, 0.4) is 0 Å². The van der Waals surface area contributed by atoms with Crippen LogP contribution in [0.15, 0.2) is 0 Å². The Labute approximate surface area is 131 Å². The van der Waals surface area contributed by atoms with Gasteiger partial charge in [-0.05, 0) is 25.7 Å². The van der Waals surface area contributed by atoms with Gasteiger partial charge in [0, 0.05) is 5.92 Å². The topological polar surface area (TPSA) is 26.7 Å². The van der Waals surface area contributed by atoms with Gasteiger partial charge in [-0.3, -0.25) is 0 Å². The van der Waals surface area contributed by atoms with E-state index in [1.165, 1.54) is 89.0 Å². The molecule has 3 heteroatoms. The van der Waals surface area contributed by atoms with Crippen molar-refractivity contribution in [3.63, 3.8) is 0 Å². The average Bonchev–Trinajstić information content (AvgIpc) is 2.43. The van der Waals surface area contributed by atoms with Crippen LogP contribution < -0.4 is 4.90 Å². The molecule has 0 aromatic heterocycles. The SMILES string of the molecule is CCCCCCCCCC[NH+]1CCCC(C)C1.[N-]=C=S. The van der Waals surface area contributed by atoms with Crippen LogP contribution in [-0.4, -0.2) is 24.8 Å². The first-order chi connectivity index (χ1) is 9.74. The van der Waals surface area contributed by atoms with Gasteiger partial charge in [-0.15, -0.1) is 0 Å². The molecular formula is C17H34N2S. The number of rotatable bonds is 9. The molecule has 1 aliphatic heterocycles. The van der Waals surface area contributed by atoms with Crippen LogP contribution in [0.4, 0.5) is 0 Å². The standard InChI is InChI=1S/C16H33N.CNS/c1-3-4-5-6-7-8-9-10-13-17-14-11-12-16(2)15-17;2-1-3/h16H,3-15H2,1-2H3;/q;-1/p+1. The van der Waals surface area contributed by atoms with Crippen molar-refractivity contribution in [2.24, 2.45) is 5.92 Å². The van der Waals surface area contributed by atoms with Crippen molar-refractivity contribution in [1.82, 2.24) is 0 Å². The van der Waals surface area contributed by atoms with E-state index in [-0.39, 0.29) is 0 Å². The van der Waals surface area contributed by atoms with Crippen molar-refractivity contribution in [2.75, 3.05) is 19.6 Å². The molecule has 0 amide bonds. The van der Waals surface area contributed by atoms with Crippen LogP contribution in [0.1, 0.15) is 78.1 Å². The Balaban J connectivity index is 0.00000110. The van der Waals surface area contributed by atoms with Gasteiger partial charge < -0.3 is 10.3 Å². The van der Waals surface area contributed by atoms with Crippen LogP contribution in [0.2, 0.25) is 0 Å². The number of quaternary nitrogens is 1. The molecule has 0 aromatic carbocycles. The van der Waals surface area contributed by atoms with Gasteiger partial charge in [0.2, 0.25) is 0 Å². The fourth-order valence-corrected chi connectivity index (χ4v) is 3.13. The maximum Gasteiger partial charge on any atom is 0.0796 e. The first kappa shape index (κ1) is 19.8. The highest BCUT2D eigenvalue weighted by atomic mass is 32.1. The summed E-state index contributed by atoms with van der Waals surface area (Å²) in [5.74, 6) is 0.979. The molecule has 1 N–H and O–H groups in total. The molecule has 0 radical (unpaired) electrons. The Morgan fingerprint density at radius 3 is 2.20 bits per heavy atom. The number of nitrogens with zero attached hydrogens (tertiary/aromatic N) is 1. The van der Waals surface area contributed by atoms with E-state index in [2.05, 4.69) is 26.1 Å². The Morgan fingerprint density at radius 1 is 1.10 bits per heavy atom. The summed E-state index contributed by atoms with van der Waals surface area (Å²) >= 11 is 3.70. The van der Waals surface area contributed by atoms with E-state index in [1.54, 1.807) is 0 Å². The summed E-state index contributed by atoms with van der Waals surface area (Å²) in [6, 6.07) is 0. The summed E-state index contributed by atoms with van der Waals surface area (Å²) < 4.78 is 0. The third-order valence-electron chi connectivity index (χ3n) is 4.25. The zero-order valence-electron chi connectivity index (χ0n) is 13.6. The van der Waals surface area contributed by atoms with Crippen LogP contribution in [0.5, 0.6) is 0 Å². The predicted molar refractivity (Wildman–Crippen MR) is 92.5 cm³/mol. The summed E-state index contributed by atoms with van der Waals surface area (Å²) in [4.78, 5) is 1.88. The van der Waals surface area contributed by atoms with E-state index >= 15 is 0 Å². The van der Waals surface area contributed by atoms with Gasteiger partial charge in [0.05, 0.1) is 19.6 Å². The predicted octanol–water partition coefficient (Wildman–Crippen LogP) is 4.10. The Hall–Kier alpha value is -0.240. The highest BCUT2D eigenvalue weighted by Gasteiger charge is 2.18. The van der Waals surface area contributed by atoms with E-state index < -0.39 is 0 Å². The molecule has 0 bridgehead atoms.